The largest absolute Gasteiger partial charge is 0.351 e. The summed E-state index contributed by atoms with van der Waals surface area (Å²) >= 11 is 0. The van der Waals surface area contributed by atoms with Crippen LogP contribution in [0.25, 0.3) is 0 Å². The SMILES string of the molecule is CC(C)CC(CN(C)C)NC(=O)C1CCCC(C)N1. The molecule has 0 spiro atoms. The number of carbonyl (C=O) groups is 1. The van der Waals surface area contributed by atoms with Gasteiger partial charge in [0.1, 0.15) is 0 Å². The Morgan fingerprint density at radius 2 is 2.05 bits per heavy atom. The van der Waals surface area contributed by atoms with E-state index in [9.17, 15) is 4.79 Å². The summed E-state index contributed by atoms with van der Waals surface area (Å²) in [6, 6.07) is 0.712. The molecule has 1 saturated heterocycles. The van der Waals surface area contributed by atoms with E-state index in [1.165, 1.54) is 6.42 Å². The van der Waals surface area contributed by atoms with Crippen LogP contribution >= 0.6 is 0 Å². The number of hydrogen-bond donors (Lipinski definition) is 2. The van der Waals surface area contributed by atoms with Crippen molar-refractivity contribution in [3.63, 3.8) is 0 Å². The summed E-state index contributed by atoms with van der Waals surface area (Å²) in [6.07, 6.45) is 4.32. The third kappa shape index (κ3) is 6.39. The van der Waals surface area contributed by atoms with Gasteiger partial charge in [0, 0.05) is 18.6 Å². The van der Waals surface area contributed by atoms with E-state index in [0.717, 1.165) is 25.8 Å². The van der Waals surface area contributed by atoms with Crippen molar-refractivity contribution in [2.24, 2.45) is 5.92 Å². The fourth-order valence-corrected chi connectivity index (χ4v) is 2.84. The third-order valence-electron chi connectivity index (χ3n) is 3.62. The molecule has 0 bridgehead atoms. The molecule has 112 valence electrons. The lowest BCUT2D eigenvalue weighted by Gasteiger charge is -2.31. The minimum atomic E-state index is 0.000532. The van der Waals surface area contributed by atoms with Gasteiger partial charge in [-0.1, -0.05) is 13.8 Å². The Hall–Kier alpha value is -0.610. The van der Waals surface area contributed by atoms with E-state index in [2.05, 4.69) is 50.4 Å². The summed E-state index contributed by atoms with van der Waals surface area (Å²) in [5.74, 6) is 0.780. The van der Waals surface area contributed by atoms with Crippen LogP contribution in [0.4, 0.5) is 0 Å². The highest BCUT2D eigenvalue weighted by molar-refractivity contribution is 5.82. The second-order valence-electron chi connectivity index (χ2n) is 6.65. The van der Waals surface area contributed by atoms with Crippen LogP contribution in [0.1, 0.15) is 46.5 Å². The fraction of sp³-hybridized carbons (Fsp3) is 0.933. The van der Waals surface area contributed by atoms with Gasteiger partial charge in [-0.05, 0) is 52.6 Å². The second kappa shape index (κ2) is 7.85. The molecule has 0 aromatic carbocycles. The lowest BCUT2D eigenvalue weighted by Crippen LogP contribution is -2.53. The number of hydrogen-bond acceptors (Lipinski definition) is 3. The van der Waals surface area contributed by atoms with Crippen LogP contribution in [-0.4, -0.2) is 49.6 Å². The van der Waals surface area contributed by atoms with Crippen LogP contribution in [0.2, 0.25) is 0 Å². The van der Waals surface area contributed by atoms with E-state index in [0.29, 0.717) is 12.0 Å². The average molecular weight is 269 g/mol. The van der Waals surface area contributed by atoms with E-state index >= 15 is 0 Å². The number of rotatable bonds is 6. The maximum absolute atomic E-state index is 12.3. The molecule has 0 aromatic heterocycles. The molecule has 1 aliphatic rings. The molecule has 3 unspecified atom stereocenters. The highest BCUT2D eigenvalue weighted by atomic mass is 16.2. The van der Waals surface area contributed by atoms with Crippen molar-refractivity contribution in [3.8, 4) is 0 Å². The van der Waals surface area contributed by atoms with Gasteiger partial charge in [-0.15, -0.1) is 0 Å². The zero-order valence-corrected chi connectivity index (χ0v) is 13.2. The number of piperidine rings is 1. The molecule has 1 amide bonds. The lowest BCUT2D eigenvalue weighted by molar-refractivity contribution is -0.124. The van der Waals surface area contributed by atoms with Crippen LogP contribution in [0.3, 0.4) is 0 Å². The predicted octanol–water partition coefficient (Wildman–Crippen LogP) is 1.61. The van der Waals surface area contributed by atoms with Crippen molar-refractivity contribution in [2.75, 3.05) is 20.6 Å². The molecule has 19 heavy (non-hydrogen) atoms. The Morgan fingerprint density at radius 3 is 2.58 bits per heavy atom. The zero-order valence-electron chi connectivity index (χ0n) is 13.2. The van der Waals surface area contributed by atoms with Gasteiger partial charge in [-0.2, -0.15) is 0 Å². The van der Waals surface area contributed by atoms with Gasteiger partial charge in [0.15, 0.2) is 0 Å². The summed E-state index contributed by atoms with van der Waals surface area (Å²) in [7, 11) is 4.11. The minimum Gasteiger partial charge on any atom is -0.351 e. The first-order valence-electron chi connectivity index (χ1n) is 7.59. The predicted molar refractivity (Wildman–Crippen MR) is 80.2 cm³/mol. The van der Waals surface area contributed by atoms with Crippen LogP contribution in [0, 0.1) is 5.92 Å². The summed E-state index contributed by atoms with van der Waals surface area (Å²) < 4.78 is 0. The molecule has 2 N–H and O–H groups in total. The molecular weight excluding hydrogens is 238 g/mol. The first-order chi connectivity index (χ1) is 8.88. The average Bonchev–Trinajstić information content (AvgIpc) is 2.26. The molecule has 4 nitrogen and oxygen atoms in total. The number of amides is 1. The standard InChI is InChI=1S/C15H31N3O/c1-11(2)9-13(10-18(4)5)17-15(19)14-8-6-7-12(3)16-14/h11-14,16H,6-10H2,1-5H3,(H,17,19). The molecule has 1 rings (SSSR count). The lowest BCUT2D eigenvalue weighted by atomic mass is 9.98. The Morgan fingerprint density at radius 1 is 1.37 bits per heavy atom. The van der Waals surface area contributed by atoms with Crippen molar-refractivity contribution in [2.45, 2.75) is 64.6 Å². The smallest absolute Gasteiger partial charge is 0.237 e. The number of nitrogens with one attached hydrogen (secondary N) is 2. The van der Waals surface area contributed by atoms with E-state index in [-0.39, 0.29) is 18.0 Å². The van der Waals surface area contributed by atoms with E-state index < -0.39 is 0 Å². The summed E-state index contributed by atoms with van der Waals surface area (Å²) in [6.45, 7) is 7.47. The normalized spacial score (nSPS) is 25.6. The molecular formula is C15H31N3O. The van der Waals surface area contributed by atoms with Gasteiger partial charge in [0.25, 0.3) is 0 Å². The first-order valence-corrected chi connectivity index (χ1v) is 7.59. The highest BCUT2D eigenvalue weighted by Gasteiger charge is 2.26. The number of carbonyl (C=O) groups excluding carboxylic acids is 1. The van der Waals surface area contributed by atoms with E-state index in [1.807, 2.05) is 0 Å². The molecule has 1 fully saturated rings. The Bertz CT molecular complexity index is 269. The summed E-state index contributed by atoms with van der Waals surface area (Å²) in [5, 5.41) is 6.63. The van der Waals surface area contributed by atoms with Gasteiger partial charge < -0.3 is 15.5 Å². The van der Waals surface area contributed by atoms with Gasteiger partial charge in [0.2, 0.25) is 5.91 Å². The Balaban J connectivity index is 2.49. The number of likely N-dealkylation sites (N-methyl/N-ethyl adjacent to an activating group) is 1. The van der Waals surface area contributed by atoms with Crippen molar-refractivity contribution in [1.29, 1.82) is 0 Å². The van der Waals surface area contributed by atoms with E-state index in [4.69, 9.17) is 0 Å². The second-order valence-corrected chi connectivity index (χ2v) is 6.65. The van der Waals surface area contributed by atoms with Crippen LogP contribution in [0.5, 0.6) is 0 Å². The molecule has 0 aromatic rings. The van der Waals surface area contributed by atoms with Crippen LogP contribution < -0.4 is 10.6 Å². The summed E-state index contributed by atoms with van der Waals surface area (Å²) in [4.78, 5) is 14.5. The molecule has 4 heteroatoms. The molecule has 0 aliphatic carbocycles. The number of nitrogens with zero attached hydrogens (tertiary/aromatic N) is 1. The minimum absolute atomic E-state index is 0.000532. The van der Waals surface area contributed by atoms with Crippen LogP contribution in [-0.2, 0) is 4.79 Å². The van der Waals surface area contributed by atoms with Crippen molar-refractivity contribution in [3.05, 3.63) is 0 Å². The quantitative estimate of drug-likeness (QED) is 0.770. The molecule has 0 saturated carbocycles. The van der Waals surface area contributed by atoms with Crippen molar-refractivity contribution >= 4 is 5.91 Å². The highest BCUT2D eigenvalue weighted by Crippen LogP contribution is 2.13. The van der Waals surface area contributed by atoms with Gasteiger partial charge >= 0.3 is 0 Å². The van der Waals surface area contributed by atoms with Crippen LogP contribution in [0.15, 0.2) is 0 Å². The summed E-state index contributed by atoms with van der Waals surface area (Å²) in [5.41, 5.74) is 0. The van der Waals surface area contributed by atoms with Gasteiger partial charge in [-0.3, -0.25) is 4.79 Å². The van der Waals surface area contributed by atoms with E-state index in [1.54, 1.807) is 0 Å². The van der Waals surface area contributed by atoms with Gasteiger partial charge in [0.05, 0.1) is 6.04 Å². The monoisotopic (exact) mass is 269 g/mol. The van der Waals surface area contributed by atoms with Crippen molar-refractivity contribution < 1.29 is 4.79 Å². The fourth-order valence-electron chi connectivity index (χ4n) is 2.84. The Kier molecular flexibility index (Phi) is 6.80. The molecule has 3 atom stereocenters. The molecule has 1 heterocycles. The maximum atomic E-state index is 12.3. The molecule has 1 aliphatic heterocycles. The third-order valence-corrected chi connectivity index (χ3v) is 3.62. The maximum Gasteiger partial charge on any atom is 0.237 e. The zero-order chi connectivity index (χ0) is 14.4. The van der Waals surface area contributed by atoms with Gasteiger partial charge in [-0.25, -0.2) is 0 Å². The molecule has 0 radical (unpaired) electrons. The van der Waals surface area contributed by atoms with Crippen molar-refractivity contribution in [1.82, 2.24) is 15.5 Å². The topological polar surface area (TPSA) is 44.4 Å². The Labute approximate surface area is 118 Å². The first kappa shape index (κ1) is 16.4.